The number of nitrogens with two attached hydrogens (primary N) is 2. The number of amides is 4. The smallest absolute Gasteiger partial charge is 0.325 e. The second-order valence-corrected chi connectivity index (χ2v) is 7.67. The van der Waals surface area contributed by atoms with Gasteiger partial charge >= 0.3 is 11.9 Å². The summed E-state index contributed by atoms with van der Waals surface area (Å²) < 4.78 is 0. The molecule has 0 fully saturated rings. The van der Waals surface area contributed by atoms with E-state index in [9.17, 15) is 28.8 Å². The first-order chi connectivity index (χ1) is 14.4. The molecule has 0 rings (SSSR count). The molecular weight excluding hydrogens is 434 g/mol. The fourth-order valence-corrected chi connectivity index (χ4v) is 2.74. The lowest BCUT2D eigenvalue weighted by Crippen LogP contribution is -2.57. The summed E-state index contributed by atoms with van der Waals surface area (Å²) in [6, 6.07) is -5.13. The Morgan fingerprint density at radius 1 is 0.903 bits per heavy atom. The second-order valence-electron chi connectivity index (χ2n) is 6.68. The van der Waals surface area contributed by atoms with Gasteiger partial charge in [-0.25, -0.2) is 0 Å². The van der Waals surface area contributed by atoms with E-state index in [1.165, 1.54) is 18.7 Å². The molecule has 0 bridgehead atoms. The maximum absolute atomic E-state index is 12.6. The van der Waals surface area contributed by atoms with E-state index < -0.39 is 72.6 Å². The van der Waals surface area contributed by atoms with Crippen molar-refractivity contribution in [2.24, 2.45) is 11.5 Å². The minimum absolute atomic E-state index is 0.314. The van der Waals surface area contributed by atoms with Gasteiger partial charge in [-0.2, -0.15) is 11.8 Å². The van der Waals surface area contributed by atoms with Crippen molar-refractivity contribution in [2.75, 3.05) is 12.0 Å². The maximum Gasteiger partial charge on any atom is 0.325 e. The Morgan fingerprint density at radius 2 is 1.45 bits per heavy atom. The zero-order valence-electron chi connectivity index (χ0n) is 17.3. The summed E-state index contributed by atoms with van der Waals surface area (Å²) in [5.41, 5.74) is 10.9. The number of carboxylic acid groups (broad SMARTS) is 2. The van der Waals surface area contributed by atoms with Gasteiger partial charge in [-0.3, -0.25) is 28.8 Å². The van der Waals surface area contributed by atoms with Gasteiger partial charge in [0.15, 0.2) is 0 Å². The number of carboxylic acids is 2. The molecule has 0 aliphatic heterocycles. The Morgan fingerprint density at radius 3 is 1.94 bits per heavy atom. The number of hydrogen-bond donors (Lipinski definition) is 7. The van der Waals surface area contributed by atoms with Gasteiger partial charge in [-0.05, 0) is 31.8 Å². The molecule has 0 aromatic heterocycles. The lowest BCUT2D eigenvalue weighted by atomic mass is 10.1. The maximum atomic E-state index is 12.6. The predicted molar refractivity (Wildman–Crippen MR) is 111 cm³/mol. The normalized spacial score (nSPS) is 14.4. The van der Waals surface area contributed by atoms with Gasteiger partial charge in [0.05, 0.1) is 12.5 Å². The predicted octanol–water partition coefficient (Wildman–Crippen LogP) is -2.63. The fourth-order valence-electron chi connectivity index (χ4n) is 2.25. The molecule has 4 atom stereocenters. The van der Waals surface area contributed by atoms with Gasteiger partial charge in [0.1, 0.15) is 18.1 Å². The Hall–Kier alpha value is -2.87. The lowest BCUT2D eigenvalue weighted by Gasteiger charge is -2.24. The highest BCUT2D eigenvalue weighted by Gasteiger charge is 2.30. The van der Waals surface area contributed by atoms with E-state index in [1.807, 2.05) is 6.26 Å². The van der Waals surface area contributed by atoms with Crippen molar-refractivity contribution in [1.29, 1.82) is 0 Å². The van der Waals surface area contributed by atoms with E-state index in [4.69, 9.17) is 21.7 Å². The molecule has 31 heavy (non-hydrogen) atoms. The van der Waals surface area contributed by atoms with E-state index in [0.29, 0.717) is 12.2 Å². The van der Waals surface area contributed by atoms with E-state index in [2.05, 4.69) is 16.0 Å². The van der Waals surface area contributed by atoms with Crippen LogP contribution >= 0.6 is 11.8 Å². The molecule has 13 nitrogen and oxygen atoms in total. The molecule has 176 valence electrons. The fraction of sp³-hybridized carbons (Fsp3) is 0.647. The van der Waals surface area contributed by atoms with Gasteiger partial charge < -0.3 is 37.6 Å². The summed E-state index contributed by atoms with van der Waals surface area (Å²) in [4.78, 5) is 70.2. The summed E-state index contributed by atoms with van der Waals surface area (Å²) in [6.45, 7) is 1.18. The van der Waals surface area contributed by atoms with Gasteiger partial charge in [-0.1, -0.05) is 0 Å². The molecule has 0 heterocycles. The molecular formula is C17H29N5O8S. The zero-order valence-corrected chi connectivity index (χ0v) is 18.1. The summed E-state index contributed by atoms with van der Waals surface area (Å²) >= 11 is 1.46. The molecule has 0 aromatic carbocycles. The van der Waals surface area contributed by atoms with Crippen molar-refractivity contribution >= 4 is 47.3 Å². The van der Waals surface area contributed by atoms with Crippen molar-refractivity contribution in [3.8, 4) is 0 Å². The van der Waals surface area contributed by atoms with Crippen LogP contribution in [0.2, 0.25) is 0 Å². The van der Waals surface area contributed by atoms with Crippen LogP contribution in [0.15, 0.2) is 0 Å². The van der Waals surface area contributed by atoms with Crippen molar-refractivity contribution in [2.45, 2.75) is 56.8 Å². The first-order valence-electron chi connectivity index (χ1n) is 9.27. The standard InChI is InChI=1S/C17H29N5O8S/c1-8(17(29)30)20-15(27)10(3-4-13(24)25)21-16(28)11(7-12(19)23)22-14(26)9(18)5-6-31-2/h8-11H,3-7,18H2,1-2H3,(H2,19,23)(H,20,27)(H,21,28)(H,22,26)(H,24,25)(H,29,30). The minimum Gasteiger partial charge on any atom is -0.481 e. The van der Waals surface area contributed by atoms with E-state index in [0.717, 1.165) is 0 Å². The van der Waals surface area contributed by atoms with Crippen LogP contribution in [-0.2, 0) is 28.8 Å². The van der Waals surface area contributed by atoms with Gasteiger partial charge in [0.25, 0.3) is 0 Å². The molecule has 0 saturated heterocycles. The minimum atomic E-state index is -1.46. The number of rotatable bonds is 15. The Labute approximate surface area is 183 Å². The highest BCUT2D eigenvalue weighted by molar-refractivity contribution is 7.98. The number of aliphatic carboxylic acids is 2. The van der Waals surface area contributed by atoms with Crippen LogP contribution in [0.3, 0.4) is 0 Å². The molecule has 0 spiro atoms. The van der Waals surface area contributed by atoms with Crippen molar-refractivity contribution in [1.82, 2.24) is 16.0 Å². The van der Waals surface area contributed by atoms with Crippen LogP contribution in [0.4, 0.5) is 0 Å². The first kappa shape index (κ1) is 28.1. The average molecular weight is 464 g/mol. The SMILES string of the molecule is CSCCC(N)C(=O)NC(CC(N)=O)C(=O)NC(CCC(=O)O)C(=O)NC(C)C(=O)O. The van der Waals surface area contributed by atoms with Crippen molar-refractivity contribution in [3.63, 3.8) is 0 Å². The molecule has 4 amide bonds. The van der Waals surface area contributed by atoms with Gasteiger partial charge in [-0.15, -0.1) is 0 Å². The summed E-state index contributed by atoms with van der Waals surface area (Å²) in [5, 5.41) is 24.4. The summed E-state index contributed by atoms with van der Waals surface area (Å²) in [7, 11) is 0. The van der Waals surface area contributed by atoms with Crippen molar-refractivity contribution < 1.29 is 39.0 Å². The van der Waals surface area contributed by atoms with Crippen LogP contribution in [0.5, 0.6) is 0 Å². The molecule has 0 radical (unpaired) electrons. The van der Waals surface area contributed by atoms with Gasteiger partial charge in [0.2, 0.25) is 23.6 Å². The number of carbonyl (C=O) groups is 6. The molecule has 0 aliphatic rings. The molecule has 14 heteroatoms. The summed E-state index contributed by atoms with van der Waals surface area (Å²) in [6.07, 6.45) is 0.678. The van der Waals surface area contributed by atoms with Crippen LogP contribution in [0, 0.1) is 0 Å². The first-order valence-corrected chi connectivity index (χ1v) is 10.7. The van der Waals surface area contributed by atoms with E-state index in [-0.39, 0.29) is 6.42 Å². The topological polar surface area (TPSA) is 231 Å². The van der Waals surface area contributed by atoms with Crippen LogP contribution in [-0.4, -0.2) is 82.0 Å². The molecule has 4 unspecified atom stereocenters. The highest BCUT2D eigenvalue weighted by atomic mass is 32.2. The molecule has 9 N–H and O–H groups in total. The number of hydrogen-bond acceptors (Lipinski definition) is 8. The Kier molecular flexibility index (Phi) is 12.9. The Bertz CT molecular complexity index is 689. The number of thioether (sulfide) groups is 1. The van der Waals surface area contributed by atoms with E-state index in [1.54, 1.807) is 0 Å². The average Bonchev–Trinajstić information content (AvgIpc) is 2.67. The quantitative estimate of drug-likeness (QED) is 0.133. The van der Waals surface area contributed by atoms with Crippen LogP contribution in [0.1, 0.15) is 32.6 Å². The molecule has 0 saturated carbocycles. The molecule has 0 aromatic rings. The summed E-state index contributed by atoms with van der Waals surface area (Å²) in [5.74, 6) is -5.54. The number of primary amides is 1. The number of carbonyl (C=O) groups excluding carboxylic acids is 4. The van der Waals surface area contributed by atoms with Crippen LogP contribution in [0.25, 0.3) is 0 Å². The van der Waals surface area contributed by atoms with Gasteiger partial charge in [0, 0.05) is 6.42 Å². The zero-order chi connectivity index (χ0) is 24.1. The third-order valence-corrected chi connectivity index (χ3v) is 4.66. The van der Waals surface area contributed by atoms with Crippen molar-refractivity contribution in [3.05, 3.63) is 0 Å². The largest absolute Gasteiger partial charge is 0.481 e. The molecule has 0 aliphatic carbocycles. The third-order valence-electron chi connectivity index (χ3n) is 4.02. The van der Waals surface area contributed by atoms with Crippen LogP contribution < -0.4 is 27.4 Å². The highest BCUT2D eigenvalue weighted by Crippen LogP contribution is 2.04. The number of nitrogens with one attached hydrogen (secondary N) is 3. The van der Waals surface area contributed by atoms with E-state index >= 15 is 0 Å². The Balaban J connectivity index is 5.37. The lowest BCUT2D eigenvalue weighted by molar-refractivity contribution is -0.142. The monoisotopic (exact) mass is 463 g/mol. The third kappa shape index (κ3) is 11.8. The second kappa shape index (κ2) is 14.2.